The second-order valence-electron chi connectivity index (χ2n) is 5.98. The number of carbonyl (C=O) groups is 3. The third-order valence-corrected chi connectivity index (χ3v) is 4.62. The molecular formula is C15H20N4O3. The first kappa shape index (κ1) is 14.7. The molecule has 1 aromatic heterocycles. The highest BCUT2D eigenvalue weighted by Gasteiger charge is 2.48. The highest BCUT2D eigenvalue weighted by molar-refractivity contribution is 6.07. The lowest BCUT2D eigenvalue weighted by Crippen LogP contribution is -2.41. The van der Waals surface area contributed by atoms with E-state index in [2.05, 4.69) is 10.4 Å². The molecule has 0 bridgehead atoms. The van der Waals surface area contributed by atoms with Crippen molar-refractivity contribution in [3.63, 3.8) is 0 Å². The fourth-order valence-electron chi connectivity index (χ4n) is 3.35. The van der Waals surface area contributed by atoms with Gasteiger partial charge >= 0.3 is 0 Å². The van der Waals surface area contributed by atoms with Crippen LogP contribution in [0.3, 0.4) is 0 Å². The number of nitrogens with one attached hydrogen (secondary N) is 1. The van der Waals surface area contributed by atoms with Crippen LogP contribution >= 0.6 is 0 Å². The maximum Gasteiger partial charge on any atom is 0.240 e. The lowest BCUT2D eigenvalue weighted by Gasteiger charge is -2.19. The number of aryl methyl sites for hydroxylation is 1. The highest BCUT2D eigenvalue weighted by Crippen LogP contribution is 2.37. The molecule has 7 heteroatoms. The van der Waals surface area contributed by atoms with Crippen molar-refractivity contribution >= 4 is 17.7 Å². The number of carbonyl (C=O) groups excluding carboxylic acids is 3. The molecule has 2 heterocycles. The van der Waals surface area contributed by atoms with Crippen molar-refractivity contribution in [1.82, 2.24) is 20.0 Å². The second kappa shape index (κ2) is 5.90. The van der Waals surface area contributed by atoms with E-state index in [1.165, 1.54) is 0 Å². The van der Waals surface area contributed by atoms with Crippen LogP contribution in [0.2, 0.25) is 0 Å². The van der Waals surface area contributed by atoms with Gasteiger partial charge in [-0.15, -0.1) is 0 Å². The molecule has 1 saturated carbocycles. The van der Waals surface area contributed by atoms with E-state index >= 15 is 0 Å². The van der Waals surface area contributed by atoms with Crippen LogP contribution < -0.4 is 5.32 Å². The number of fused-ring (bicyclic) bond motifs is 1. The molecule has 1 aromatic rings. The molecule has 0 aromatic carbocycles. The Balaban J connectivity index is 1.58. The van der Waals surface area contributed by atoms with Gasteiger partial charge in [-0.05, 0) is 18.9 Å². The lowest BCUT2D eigenvalue weighted by molar-refractivity contribution is -0.143. The van der Waals surface area contributed by atoms with Crippen LogP contribution in [0, 0.1) is 11.8 Å². The third-order valence-electron chi connectivity index (χ3n) is 4.62. The van der Waals surface area contributed by atoms with Gasteiger partial charge in [-0.1, -0.05) is 12.8 Å². The standard InChI is InChI=1S/C15H20N4O3/c1-18-10(6-7-17-18)8-16-13(20)9-19-14(21)11-4-2-3-5-12(11)15(19)22/h6-7,11-12H,2-5,8-9H2,1H3,(H,16,20)/t11-,12+. The summed E-state index contributed by atoms with van der Waals surface area (Å²) in [6, 6.07) is 1.81. The van der Waals surface area contributed by atoms with Crippen molar-refractivity contribution in [3.8, 4) is 0 Å². The lowest BCUT2D eigenvalue weighted by atomic mass is 9.81. The summed E-state index contributed by atoms with van der Waals surface area (Å²) in [5.74, 6) is -1.07. The Bertz CT molecular complexity index is 586. The number of imide groups is 1. The summed E-state index contributed by atoms with van der Waals surface area (Å²) >= 11 is 0. The first-order valence-electron chi connectivity index (χ1n) is 7.66. The molecule has 1 saturated heterocycles. The molecule has 2 aliphatic rings. The average molecular weight is 304 g/mol. The summed E-state index contributed by atoms with van der Waals surface area (Å²) in [5, 5.41) is 6.75. The molecule has 0 unspecified atom stereocenters. The fourth-order valence-corrected chi connectivity index (χ4v) is 3.35. The molecule has 0 spiro atoms. The number of rotatable bonds is 4. The summed E-state index contributed by atoms with van der Waals surface area (Å²) in [7, 11) is 1.79. The molecule has 3 amide bonds. The molecule has 2 atom stereocenters. The van der Waals surface area contributed by atoms with Gasteiger partial charge in [-0.3, -0.25) is 24.0 Å². The van der Waals surface area contributed by atoms with E-state index in [1.807, 2.05) is 0 Å². The Labute approximate surface area is 128 Å². The molecule has 22 heavy (non-hydrogen) atoms. The van der Waals surface area contributed by atoms with E-state index in [4.69, 9.17) is 0 Å². The Morgan fingerprint density at radius 3 is 2.45 bits per heavy atom. The van der Waals surface area contributed by atoms with Crippen molar-refractivity contribution in [2.75, 3.05) is 6.54 Å². The number of nitrogens with zero attached hydrogens (tertiary/aromatic N) is 3. The molecule has 0 radical (unpaired) electrons. The van der Waals surface area contributed by atoms with Gasteiger partial charge in [0.2, 0.25) is 17.7 Å². The number of aromatic nitrogens is 2. The van der Waals surface area contributed by atoms with E-state index in [-0.39, 0.29) is 36.1 Å². The van der Waals surface area contributed by atoms with Gasteiger partial charge in [0.15, 0.2) is 0 Å². The predicted octanol–water partition coefficient (Wildman–Crippen LogP) is 0.211. The normalized spacial score (nSPS) is 24.5. The summed E-state index contributed by atoms with van der Waals surface area (Å²) < 4.78 is 1.67. The summed E-state index contributed by atoms with van der Waals surface area (Å²) in [6.45, 7) is 0.154. The van der Waals surface area contributed by atoms with Crippen LogP contribution in [0.15, 0.2) is 12.3 Å². The van der Waals surface area contributed by atoms with E-state index in [0.29, 0.717) is 6.54 Å². The molecule has 1 aliphatic carbocycles. The first-order valence-corrected chi connectivity index (χ1v) is 7.66. The largest absolute Gasteiger partial charge is 0.349 e. The molecule has 2 fully saturated rings. The maximum atomic E-state index is 12.3. The van der Waals surface area contributed by atoms with Gasteiger partial charge in [0.1, 0.15) is 6.54 Å². The molecule has 1 aliphatic heterocycles. The average Bonchev–Trinajstić information content (AvgIpc) is 3.03. The van der Waals surface area contributed by atoms with Crippen LogP contribution in [0.1, 0.15) is 31.4 Å². The van der Waals surface area contributed by atoms with E-state index in [9.17, 15) is 14.4 Å². The summed E-state index contributed by atoms with van der Waals surface area (Å²) in [6.07, 6.45) is 5.16. The van der Waals surface area contributed by atoms with Crippen molar-refractivity contribution in [3.05, 3.63) is 18.0 Å². The quantitative estimate of drug-likeness (QED) is 0.806. The Morgan fingerprint density at radius 1 is 1.27 bits per heavy atom. The van der Waals surface area contributed by atoms with E-state index in [1.54, 1.807) is 24.0 Å². The van der Waals surface area contributed by atoms with Crippen LogP contribution in [0.5, 0.6) is 0 Å². The van der Waals surface area contributed by atoms with Crippen molar-refractivity contribution < 1.29 is 14.4 Å². The zero-order valence-corrected chi connectivity index (χ0v) is 12.6. The van der Waals surface area contributed by atoms with Crippen molar-refractivity contribution in [2.24, 2.45) is 18.9 Å². The van der Waals surface area contributed by atoms with Gasteiger partial charge < -0.3 is 5.32 Å². The van der Waals surface area contributed by atoms with Crippen molar-refractivity contribution in [1.29, 1.82) is 0 Å². The summed E-state index contributed by atoms with van der Waals surface area (Å²) in [5.41, 5.74) is 0.862. The fraction of sp³-hybridized carbons (Fsp3) is 0.600. The van der Waals surface area contributed by atoms with Crippen LogP contribution in [-0.4, -0.2) is 38.9 Å². The van der Waals surface area contributed by atoms with Gasteiger partial charge in [0.25, 0.3) is 0 Å². The number of hydrogen-bond acceptors (Lipinski definition) is 4. The first-order chi connectivity index (χ1) is 10.6. The monoisotopic (exact) mass is 304 g/mol. The van der Waals surface area contributed by atoms with Crippen LogP contribution in [-0.2, 0) is 28.0 Å². The Morgan fingerprint density at radius 2 is 1.91 bits per heavy atom. The van der Waals surface area contributed by atoms with Crippen LogP contribution in [0.25, 0.3) is 0 Å². The number of likely N-dealkylation sites (tertiary alicyclic amines) is 1. The smallest absolute Gasteiger partial charge is 0.240 e. The zero-order chi connectivity index (χ0) is 15.7. The van der Waals surface area contributed by atoms with Gasteiger partial charge in [0, 0.05) is 13.2 Å². The zero-order valence-electron chi connectivity index (χ0n) is 12.6. The van der Waals surface area contributed by atoms with E-state index in [0.717, 1.165) is 36.3 Å². The topological polar surface area (TPSA) is 84.3 Å². The van der Waals surface area contributed by atoms with Gasteiger partial charge in [-0.25, -0.2) is 0 Å². The molecular weight excluding hydrogens is 284 g/mol. The minimum absolute atomic E-state index is 0.176. The third kappa shape index (κ3) is 2.63. The Kier molecular flexibility index (Phi) is 3.96. The Hall–Kier alpha value is -2.18. The SMILES string of the molecule is Cn1nccc1CNC(=O)CN1C(=O)[C@H]2CCCC[C@H]2C1=O. The van der Waals surface area contributed by atoms with Gasteiger partial charge in [-0.2, -0.15) is 5.10 Å². The minimum Gasteiger partial charge on any atom is -0.349 e. The number of amides is 3. The maximum absolute atomic E-state index is 12.3. The second-order valence-corrected chi connectivity index (χ2v) is 5.98. The molecule has 7 nitrogen and oxygen atoms in total. The highest BCUT2D eigenvalue weighted by atomic mass is 16.2. The molecule has 3 rings (SSSR count). The number of hydrogen-bond donors (Lipinski definition) is 1. The van der Waals surface area contributed by atoms with Crippen LogP contribution in [0.4, 0.5) is 0 Å². The van der Waals surface area contributed by atoms with E-state index < -0.39 is 0 Å². The molecule has 1 N–H and O–H groups in total. The van der Waals surface area contributed by atoms with Crippen molar-refractivity contribution in [2.45, 2.75) is 32.2 Å². The molecule has 118 valence electrons. The minimum atomic E-state index is -0.318. The summed E-state index contributed by atoms with van der Waals surface area (Å²) in [4.78, 5) is 37.7. The van der Waals surface area contributed by atoms with Gasteiger partial charge in [0.05, 0.1) is 24.1 Å². The predicted molar refractivity (Wildman–Crippen MR) is 77.2 cm³/mol.